The molecule has 0 unspecified atom stereocenters. The minimum absolute atomic E-state index is 0.926. The highest BCUT2D eigenvalue weighted by molar-refractivity contribution is 9.10. The van der Waals surface area contributed by atoms with Crippen molar-refractivity contribution in [1.29, 1.82) is 0 Å². The van der Waals surface area contributed by atoms with Crippen LogP contribution in [-0.2, 0) is 6.54 Å². The van der Waals surface area contributed by atoms with Crippen LogP contribution in [0.15, 0.2) is 22.9 Å². The number of nitrogens with zero attached hydrogens (tertiary/aromatic N) is 1. The summed E-state index contributed by atoms with van der Waals surface area (Å²) in [6.45, 7) is 2.09. The van der Waals surface area contributed by atoms with Gasteiger partial charge in [0.15, 0.2) is 0 Å². The van der Waals surface area contributed by atoms with Crippen LogP contribution in [0, 0.1) is 5.92 Å². The average molecular weight is 255 g/mol. The number of hydrogen-bond acceptors (Lipinski definition) is 2. The van der Waals surface area contributed by atoms with Crippen molar-refractivity contribution in [3.8, 4) is 0 Å². The lowest BCUT2D eigenvalue weighted by atomic mass is 9.85. The zero-order valence-corrected chi connectivity index (χ0v) is 9.76. The number of pyridine rings is 1. The first-order chi connectivity index (χ1) is 6.84. The number of nitrogens with one attached hydrogen (secondary N) is 1. The van der Waals surface area contributed by atoms with Gasteiger partial charge < -0.3 is 5.32 Å². The van der Waals surface area contributed by atoms with E-state index in [0.29, 0.717) is 0 Å². The van der Waals surface area contributed by atoms with Gasteiger partial charge in [-0.25, -0.2) is 0 Å². The normalized spacial score (nSPS) is 16.6. The average Bonchev–Trinajstić information content (AvgIpc) is 2.09. The van der Waals surface area contributed by atoms with Crippen molar-refractivity contribution in [1.82, 2.24) is 10.3 Å². The van der Waals surface area contributed by atoms with Gasteiger partial charge in [0.1, 0.15) is 0 Å². The van der Waals surface area contributed by atoms with E-state index in [1.807, 2.05) is 12.4 Å². The summed E-state index contributed by atoms with van der Waals surface area (Å²) < 4.78 is 1.06. The molecule has 2 rings (SSSR count). The lowest BCUT2D eigenvalue weighted by Gasteiger charge is -2.25. The first-order valence-electron chi connectivity index (χ1n) is 5.15. The third kappa shape index (κ3) is 2.79. The molecule has 1 aliphatic rings. The van der Waals surface area contributed by atoms with E-state index in [9.17, 15) is 0 Å². The van der Waals surface area contributed by atoms with Crippen molar-refractivity contribution >= 4 is 15.9 Å². The molecule has 0 aliphatic heterocycles. The van der Waals surface area contributed by atoms with Crippen LogP contribution < -0.4 is 5.32 Å². The standard InChI is InChI=1S/C11H15BrN2/c12-11-4-10(7-14-8-11)6-13-5-9-2-1-3-9/h4,7-9,13H,1-3,5-6H2. The first kappa shape index (κ1) is 10.1. The van der Waals surface area contributed by atoms with Crippen molar-refractivity contribution < 1.29 is 0 Å². The second kappa shape index (κ2) is 4.89. The number of rotatable bonds is 4. The Morgan fingerprint density at radius 1 is 1.43 bits per heavy atom. The van der Waals surface area contributed by atoms with Crippen LogP contribution in [0.2, 0.25) is 0 Å². The Kier molecular flexibility index (Phi) is 3.54. The molecule has 14 heavy (non-hydrogen) atoms. The van der Waals surface area contributed by atoms with E-state index >= 15 is 0 Å². The molecule has 1 aliphatic carbocycles. The molecule has 1 saturated carbocycles. The van der Waals surface area contributed by atoms with E-state index in [1.54, 1.807) is 0 Å². The Bertz CT molecular complexity index is 297. The monoisotopic (exact) mass is 254 g/mol. The van der Waals surface area contributed by atoms with Crippen molar-refractivity contribution in [2.45, 2.75) is 25.8 Å². The van der Waals surface area contributed by atoms with Crippen molar-refractivity contribution in [3.63, 3.8) is 0 Å². The maximum Gasteiger partial charge on any atom is 0.0410 e. The van der Waals surface area contributed by atoms with Crippen LogP contribution >= 0.6 is 15.9 Å². The summed E-state index contributed by atoms with van der Waals surface area (Å²) in [6, 6.07) is 2.11. The zero-order valence-electron chi connectivity index (χ0n) is 8.17. The van der Waals surface area contributed by atoms with Gasteiger partial charge in [-0.3, -0.25) is 4.98 Å². The van der Waals surface area contributed by atoms with Gasteiger partial charge in [0.25, 0.3) is 0 Å². The van der Waals surface area contributed by atoms with Gasteiger partial charge in [-0.1, -0.05) is 6.42 Å². The smallest absolute Gasteiger partial charge is 0.0410 e. The van der Waals surface area contributed by atoms with Gasteiger partial charge in [0.05, 0.1) is 0 Å². The second-order valence-corrected chi connectivity index (χ2v) is 4.85. The van der Waals surface area contributed by atoms with E-state index in [1.165, 1.54) is 24.8 Å². The minimum Gasteiger partial charge on any atom is -0.312 e. The molecule has 1 aromatic rings. The summed E-state index contributed by atoms with van der Waals surface area (Å²) in [5, 5.41) is 3.47. The molecule has 0 spiro atoms. The maximum absolute atomic E-state index is 4.13. The third-order valence-corrected chi connectivity index (χ3v) is 3.18. The fourth-order valence-electron chi connectivity index (χ4n) is 1.67. The summed E-state index contributed by atoms with van der Waals surface area (Å²) in [5.41, 5.74) is 1.25. The van der Waals surface area contributed by atoms with Gasteiger partial charge in [0, 0.05) is 23.4 Å². The van der Waals surface area contributed by atoms with Gasteiger partial charge >= 0.3 is 0 Å². The summed E-state index contributed by atoms with van der Waals surface area (Å²) in [7, 11) is 0. The number of halogens is 1. The van der Waals surface area contributed by atoms with E-state index < -0.39 is 0 Å². The van der Waals surface area contributed by atoms with E-state index in [2.05, 4.69) is 32.3 Å². The molecule has 1 fully saturated rings. The summed E-state index contributed by atoms with van der Waals surface area (Å²) >= 11 is 3.42. The topological polar surface area (TPSA) is 24.9 Å². The highest BCUT2D eigenvalue weighted by Gasteiger charge is 2.16. The second-order valence-electron chi connectivity index (χ2n) is 3.94. The molecular weight excluding hydrogens is 240 g/mol. The fraction of sp³-hybridized carbons (Fsp3) is 0.545. The lowest BCUT2D eigenvalue weighted by Crippen LogP contribution is -2.26. The molecule has 76 valence electrons. The minimum atomic E-state index is 0.926. The molecule has 0 radical (unpaired) electrons. The van der Waals surface area contributed by atoms with Crippen molar-refractivity contribution in [3.05, 3.63) is 28.5 Å². The first-order valence-corrected chi connectivity index (χ1v) is 5.94. The highest BCUT2D eigenvalue weighted by Crippen LogP contribution is 2.25. The predicted molar refractivity (Wildman–Crippen MR) is 61.0 cm³/mol. The highest BCUT2D eigenvalue weighted by atomic mass is 79.9. The largest absolute Gasteiger partial charge is 0.312 e. The molecular formula is C11H15BrN2. The third-order valence-electron chi connectivity index (χ3n) is 2.75. The molecule has 0 aromatic carbocycles. The molecule has 2 nitrogen and oxygen atoms in total. The molecule has 1 N–H and O–H groups in total. The quantitative estimate of drug-likeness (QED) is 0.894. The predicted octanol–water partition coefficient (Wildman–Crippen LogP) is 2.73. The van der Waals surface area contributed by atoms with Crippen LogP contribution in [0.1, 0.15) is 24.8 Å². The molecule has 1 heterocycles. The Balaban J connectivity index is 1.74. The van der Waals surface area contributed by atoms with E-state index in [4.69, 9.17) is 0 Å². The van der Waals surface area contributed by atoms with Gasteiger partial charge in [-0.05, 0) is 52.9 Å². The molecule has 1 aromatic heterocycles. The van der Waals surface area contributed by atoms with Crippen LogP contribution in [-0.4, -0.2) is 11.5 Å². The lowest BCUT2D eigenvalue weighted by molar-refractivity contribution is 0.301. The molecule has 0 saturated heterocycles. The summed E-state index contributed by atoms with van der Waals surface area (Å²) in [4.78, 5) is 4.13. The Hall–Kier alpha value is -0.410. The SMILES string of the molecule is Brc1cncc(CNCC2CCC2)c1. The van der Waals surface area contributed by atoms with Crippen LogP contribution in [0.3, 0.4) is 0 Å². The number of hydrogen-bond donors (Lipinski definition) is 1. The summed E-state index contributed by atoms with van der Waals surface area (Å²) in [5.74, 6) is 0.926. The van der Waals surface area contributed by atoms with Crippen LogP contribution in [0.25, 0.3) is 0 Å². The zero-order chi connectivity index (χ0) is 9.80. The molecule has 3 heteroatoms. The Labute approximate surface area is 93.3 Å². The van der Waals surface area contributed by atoms with Gasteiger partial charge in [-0.15, -0.1) is 0 Å². The van der Waals surface area contributed by atoms with Gasteiger partial charge in [0.2, 0.25) is 0 Å². The van der Waals surface area contributed by atoms with Crippen LogP contribution in [0.5, 0.6) is 0 Å². The van der Waals surface area contributed by atoms with E-state index in [-0.39, 0.29) is 0 Å². The maximum atomic E-state index is 4.13. The molecule has 0 amide bonds. The Morgan fingerprint density at radius 2 is 2.29 bits per heavy atom. The van der Waals surface area contributed by atoms with Gasteiger partial charge in [-0.2, -0.15) is 0 Å². The van der Waals surface area contributed by atoms with Crippen molar-refractivity contribution in [2.24, 2.45) is 5.92 Å². The Morgan fingerprint density at radius 3 is 2.93 bits per heavy atom. The van der Waals surface area contributed by atoms with E-state index in [0.717, 1.165) is 23.5 Å². The fourth-order valence-corrected chi connectivity index (χ4v) is 2.08. The molecule has 0 bridgehead atoms. The van der Waals surface area contributed by atoms with Crippen molar-refractivity contribution in [2.75, 3.05) is 6.54 Å². The molecule has 0 atom stereocenters. The van der Waals surface area contributed by atoms with Crippen LogP contribution in [0.4, 0.5) is 0 Å². The number of aromatic nitrogens is 1. The summed E-state index contributed by atoms with van der Waals surface area (Å²) in [6.07, 6.45) is 7.96.